The van der Waals surface area contributed by atoms with Crippen molar-refractivity contribution < 1.29 is 9.47 Å². The van der Waals surface area contributed by atoms with E-state index in [-0.39, 0.29) is 5.79 Å². The Morgan fingerprint density at radius 1 is 1.18 bits per heavy atom. The molecule has 94 valence electrons. The van der Waals surface area contributed by atoms with Crippen LogP contribution in [0.15, 0.2) is 0 Å². The third-order valence-corrected chi connectivity index (χ3v) is 4.64. The van der Waals surface area contributed by atoms with Crippen molar-refractivity contribution in [3.63, 3.8) is 0 Å². The normalized spacial score (nSPS) is 23.5. The maximum Gasteiger partial charge on any atom is 0.171 e. The molecule has 3 heterocycles. The lowest BCUT2D eigenvalue weighted by Crippen LogP contribution is -2.45. The molecule has 0 saturated carbocycles. The average Bonchev–Trinajstić information content (AvgIpc) is 2.88. The lowest BCUT2D eigenvalue weighted by Gasteiger charge is -2.38. The van der Waals surface area contributed by atoms with E-state index in [2.05, 4.69) is 23.7 Å². The predicted octanol–water partition coefficient (Wildman–Crippen LogP) is 2.10. The molecule has 1 aromatic heterocycles. The third-order valence-electron chi connectivity index (χ3n) is 3.51. The SMILES string of the molecule is Cc1nc(C)c(N2CCC3(CC2)OCCO3)s1. The van der Waals surface area contributed by atoms with E-state index < -0.39 is 0 Å². The van der Waals surface area contributed by atoms with Gasteiger partial charge >= 0.3 is 0 Å². The van der Waals surface area contributed by atoms with E-state index in [9.17, 15) is 0 Å². The Kier molecular flexibility index (Phi) is 2.84. The van der Waals surface area contributed by atoms with Crippen LogP contribution in [0.25, 0.3) is 0 Å². The smallest absolute Gasteiger partial charge is 0.171 e. The first-order chi connectivity index (χ1) is 8.19. The number of piperidine rings is 1. The standard InChI is InChI=1S/C12H18N2O2S/c1-9-11(17-10(2)13-9)14-5-3-12(4-6-14)15-7-8-16-12/h3-8H2,1-2H3. The van der Waals surface area contributed by atoms with Gasteiger partial charge in [-0.25, -0.2) is 4.98 Å². The zero-order valence-corrected chi connectivity index (χ0v) is 11.2. The largest absolute Gasteiger partial charge is 0.362 e. The zero-order valence-electron chi connectivity index (χ0n) is 10.4. The van der Waals surface area contributed by atoms with Crippen LogP contribution in [0.3, 0.4) is 0 Å². The number of nitrogens with zero attached hydrogens (tertiary/aromatic N) is 2. The second-order valence-corrected chi connectivity index (χ2v) is 5.90. The number of hydrogen-bond acceptors (Lipinski definition) is 5. The summed E-state index contributed by atoms with van der Waals surface area (Å²) in [5.74, 6) is -0.274. The first kappa shape index (κ1) is 11.4. The molecule has 1 aromatic rings. The lowest BCUT2D eigenvalue weighted by molar-refractivity contribution is -0.169. The maximum atomic E-state index is 5.74. The first-order valence-electron chi connectivity index (χ1n) is 6.15. The quantitative estimate of drug-likeness (QED) is 0.768. The molecule has 2 fully saturated rings. The van der Waals surface area contributed by atoms with Gasteiger partial charge in [-0.1, -0.05) is 0 Å². The summed E-state index contributed by atoms with van der Waals surface area (Å²) in [6.45, 7) is 7.66. The number of anilines is 1. The van der Waals surface area contributed by atoms with E-state index in [4.69, 9.17) is 9.47 Å². The Morgan fingerprint density at radius 3 is 2.35 bits per heavy atom. The van der Waals surface area contributed by atoms with Crippen molar-refractivity contribution in [2.24, 2.45) is 0 Å². The molecule has 0 amide bonds. The van der Waals surface area contributed by atoms with Gasteiger partial charge in [-0.15, -0.1) is 11.3 Å². The van der Waals surface area contributed by atoms with E-state index in [0.717, 1.165) is 49.8 Å². The molecule has 2 aliphatic rings. The summed E-state index contributed by atoms with van der Waals surface area (Å²) in [6, 6.07) is 0. The van der Waals surface area contributed by atoms with Gasteiger partial charge in [0.25, 0.3) is 0 Å². The Labute approximate surface area is 106 Å². The lowest BCUT2D eigenvalue weighted by atomic mass is 10.0. The van der Waals surface area contributed by atoms with Gasteiger partial charge in [-0.2, -0.15) is 0 Å². The number of thiazole rings is 1. The fourth-order valence-electron chi connectivity index (χ4n) is 2.65. The Hall–Kier alpha value is -0.650. The summed E-state index contributed by atoms with van der Waals surface area (Å²) in [5, 5.41) is 2.46. The number of ether oxygens (including phenoxy) is 2. The zero-order chi connectivity index (χ0) is 11.9. The van der Waals surface area contributed by atoms with Gasteiger partial charge in [0.05, 0.1) is 23.9 Å². The highest BCUT2D eigenvalue weighted by Gasteiger charge is 2.40. The second-order valence-electron chi connectivity index (χ2n) is 4.72. The van der Waals surface area contributed by atoms with E-state index in [1.54, 1.807) is 11.3 Å². The Bertz CT molecular complexity index is 403. The molecule has 0 aliphatic carbocycles. The number of aryl methyl sites for hydroxylation is 2. The van der Waals surface area contributed by atoms with Gasteiger partial charge in [0.2, 0.25) is 0 Å². The molecule has 0 radical (unpaired) electrons. The van der Waals surface area contributed by atoms with E-state index >= 15 is 0 Å². The van der Waals surface area contributed by atoms with Crippen LogP contribution < -0.4 is 4.90 Å². The molecule has 3 rings (SSSR count). The number of rotatable bonds is 1. The molecule has 5 heteroatoms. The molecule has 0 N–H and O–H groups in total. The van der Waals surface area contributed by atoms with Crippen molar-refractivity contribution in [1.82, 2.24) is 4.98 Å². The molecular formula is C12H18N2O2S. The van der Waals surface area contributed by atoms with Crippen molar-refractivity contribution in [3.05, 3.63) is 10.7 Å². The van der Waals surface area contributed by atoms with Crippen LogP contribution >= 0.6 is 11.3 Å². The highest BCUT2D eigenvalue weighted by atomic mass is 32.1. The molecule has 2 saturated heterocycles. The molecule has 4 nitrogen and oxygen atoms in total. The number of hydrogen-bond donors (Lipinski definition) is 0. The molecule has 0 unspecified atom stereocenters. The van der Waals surface area contributed by atoms with E-state index in [1.165, 1.54) is 5.00 Å². The highest BCUT2D eigenvalue weighted by Crippen LogP contribution is 2.36. The summed E-state index contributed by atoms with van der Waals surface area (Å²) < 4.78 is 11.5. The minimum Gasteiger partial charge on any atom is -0.362 e. The summed E-state index contributed by atoms with van der Waals surface area (Å²) in [6.07, 6.45) is 1.92. The van der Waals surface area contributed by atoms with Crippen molar-refractivity contribution in [2.45, 2.75) is 32.5 Å². The van der Waals surface area contributed by atoms with E-state index in [0.29, 0.717) is 0 Å². The molecule has 0 bridgehead atoms. The van der Waals surface area contributed by atoms with Gasteiger partial charge in [-0.3, -0.25) is 0 Å². The fraction of sp³-hybridized carbons (Fsp3) is 0.750. The van der Waals surface area contributed by atoms with Crippen LogP contribution in [0.1, 0.15) is 23.5 Å². The van der Waals surface area contributed by atoms with Gasteiger partial charge < -0.3 is 14.4 Å². The van der Waals surface area contributed by atoms with Crippen LogP contribution in [-0.2, 0) is 9.47 Å². The first-order valence-corrected chi connectivity index (χ1v) is 6.97. The monoisotopic (exact) mass is 254 g/mol. The molecule has 0 aromatic carbocycles. The van der Waals surface area contributed by atoms with E-state index in [1.807, 2.05) is 0 Å². The van der Waals surface area contributed by atoms with Crippen molar-refractivity contribution in [2.75, 3.05) is 31.2 Å². The van der Waals surface area contributed by atoms with Gasteiger partial charge in [0, 0.05) is 25.9 Å². The second kappa shape index (κ2) is 4.23. The molecule has 0 atom stereocenters. The summed E-state index contributed by atoms with van der Waals surface area (Å²) >= 11 is 1.79. The molecule has 1 spiro atoms. The third kappa shape index (κ3) is 2.07. The minimum atomic E-state index is -0.274. The van der Waals surface area contributed by atoms with Crippen LogP contribution in [-0.4, -0.2) is 37.1 Å². The van der Waals surface area contributed by atoms with Crippen LogP contribution in [0.4, 0.5) is 5.00 Å². The number of aromatic nitrogens is 1. The minimum absolute atomic E-state index is 0.274. The Balaban J connectivity index is 1.70. The Morgan fingerprint density at radius 2 is 1.82 bits per heavy atom. The van der Waals surface area contributed by atoms with Crippen LogP contribution in [0, 0.1) is 13.8 Å². The predicted molar refractivity (Wildman–Crippen MR) is 67.7 cm³/mol. The summed E-state index contributed by atoms with van der Waals surface area (Å²) in [5.41, 5.74) is 1.15. The van der Waals surface area contributed by atoms with Crippen LogP contribution in [0.2, 0.25) is 0 Å². The average molecular weight is 254 g/mol. The van der Waals surface area contributed by atoms with Crippen LogP contribution in [0.5, 0.6) is 0 Å². The topological polar surface area (TPSA) is 34.6 Å². The summed E-state index contributed by atoms with van der Waals surface area (Å²) in [4.78, 5) is 6.90. The molecule has 2 aliphatic heterocycles. The van der Waals surface area contributed by atoms with Crippen molar-refractivity contribution in [1.29, 1.82) is 0 Å². The van der Waals surface area contributed by atoms with Crippen molar-refractivity contribution >= 4 is 16.3 Å². The van der Waals surface area contributed by atoms with Gasteiger partial charge in [-0.05, 0) is 13.8 Å². The van der Waals surface area contributed by atoms with Gasteiger partial charge in [0.15, 0.2) is 5.79 Å². The highest BCUT2D eigenvalue weighted by molar-refractivity contribution is 7.15. The maximum absolute atomic E-state index is 5.74. The van der Waals surface area contributed by atoms with Gasteiger partial charge in [0.1, 0.15) is 5.00 Å². The summed E-state index contributed by atoms with van der Waals surface area (Å²) in [7, 11) is 0. The molecular weight excluding hydrogens is 236 g/mol. The van der Waals surface area contributed by atoms with Crippen molar-refractivity contribution in [3.8, 4) is 0 Å². The molecule has 17 heavy (non-hydrogen) atoms. The fourth-order valence-corrected chi connectivity index (χ4v) is 3.62.